The number of carbonyl (C=O) groups excluding carboxylic acids is 2. The van der Waals surface area contributed by atoms with Gasteiger partial charge < -0.3 is 20.1 Å². The number of amides is 2. The summed E-state index contributed by atoms with van der Waals surface area (Å²) in [6, 6.07) is 28.3. The number of aryl methyl sites for hydroxylation is 1. The number of ether oxygens (including phenoxy) is 1. The van der Waals surface area contributed by atoms with E-state index in [2.05, 4.69) is 34.6 Å². The molecule has 0 bridgehead atoms. The van der Waals surface area contributed by atoms with Crippen molar-refractivity contribution in [2.45, 2.75) is 51.2 Å². The Labute approximate surface area is 264 Å². The number of hydrogen-bond acceptors (Lipinski definition) is 5. The molecule has 1 aliphatic heterocycles. The van der Waals surface area contributed by atoms with E-state index in [9.17, 15) is 19.5 Å². The highest BCUT2D eigenvalue weighted by atomic mass is 16.5. The van der Waals surface area contributed by atoms with Crippen molar-refractivity contribution < 1.29 is 24.2 Å². The lowest BCUT2D eigenvalue weighted by Crippen LogP contribution is -2.44. The Kier molecular flexibility index (Phi) is 10.9. The zero-order valence-electron chi connectivity index (χ0n) is 25.3. The third-order valence-corrected chi connectivity index (χ3v) is 8.26. The van der Waals surface area contributed by atoms with Gasteiger partial charge in [0.1, 0.15) is 18.4 Å². The lowest BCUT2D eigenvalue weighted by molar-refractivity contribution is -0.142. The Hall–Kier alpha value is -4.98. The van der Waals surface area contributed by atoms with Gasteiger partial charge in [0.25, 0.3) is 0 Å². The van der Waals surface area contributed by atoms with E-state index in [-0.39, 0.29) is 30.6 Å². The van der Waals surface area contributed by atoms with Crippen LogP contribution in [-0.2, 0) is 33.8 Å². The monoisotopic (exact) mass is 605 g/mol. The van der Waals surface area contributed by atoms with Gasteiger partial charge >= 0.3 is 5.97 Å². The minimum Gasteiger partial charge on any atom is -0.489 e. The number of piperidine rings is 1. The summed E-state index contributed by atoms with van der Waals surface area (Å²) in [6.45, 7) is 1.67. The molecule has 1 saturated heterocycles. The molecule has 0 spiro atoms. The van der Waals surface area contributed by atoms with Crippen molar-refractivity contribution in [1.82, 2.24) is 15.2 Å². The minimum absolute atomic E-state index is 0.115. The first-order valence-electron chi connectivity index (χ1n) is 15.5. The molecule has 2 N–H and O–H groups in total. The molecule has 2 amide bonds. The van der Waals surface area contributed by atoms with Gasteiger partial charge in [-0.2, -0.15) is 0 Å². The van der Waals surface area contributed by atoms with Crippen LogP contribution in [-0.4, -0.2) is 51.9 Å². The van der Waals surface area contributed by atoms with Gasteiger partial charge in [-0.05, 0) is 71.2 Å². The number of aliphatic carboxylic acids is 1. The lowest BCUT2D eigenvalue weighted by Gasteiger charge is -2.32. The molecule has 0 aliphatic carbocycles. The van der Waals surface area contributed by atoms with Gasteiger partial charge in [0.05, 0.1) is 0 Å². The molecular weight excluding hydrogens is 566 g/mol. The topological polar surface area (TPSA) is 109 Å². The van der Waals surface area contributed by atoms with Crippen molar-refractivity contribution in [2.24, 2.45) is 5.92 Å². The SMILES string of the molecule is O=C(CC1CCN(C(=O)CCc2ccc(-c3cccnc3)cc2)CC1)N[C@@H](Cc1ccc(OCc2ccccc2)cc1)C(=O)O. The second kappa shape index (κ2) is 15.7. The number of pyridine rings is 1. The van der Waals surface area contributed by atoms with Crippen molar-refractivity contribution in [2.75, 3.05) is 13.1 Å². The number of nitrogens with one attached hydrogen (secondary N) is 1. The quantitative estimate of drug-likeness (QED) is 0.202. The van der Waals surface area contributed by atoms with Crippen LogP contribution in [0.2, 0.25) is 0 Å². The van der Waals surface area contributed by atoms with Crippen LogP contribution in [0.1, 0.15) is 42.4 Å². The summed E-state index contributed by atoms with van der Waals surface area (Å²) in [6.07, 6.45) is 6.58. The molecular formula is C37H39N3O5. The van der Waals surface area contributed by atoms with E-state index < -0.39 is 12.0 Å². The number of hydrogen-bond donors (Lipinski definition) is 2. The van der Waals surface area contributed by atoms with Gasteiger partial charge in [0.15, 0.2) is 0 Å². The van der Waals surface area contributed by atoms with E-state index in [1.807, 2.05) is 77.8 Å². The number of rotatable bonds is 13. The molecule has 8 heteroatoms. The van der Waals surface area contributed by atoms with E-state index in [1.165, 1.54) is 0 Å². The highest BCUT2D eigenvalue weighted by Gasteiger charge is 2.26. The van der Waals surface area contributed by atoms with Gasteiger partial charge in [-0.15, -0.1) is 0 Å². The van der Waals surface area contributed by atoms with Crippen LogP contribution in [0.5, 0.6) is 5.75 Å². The minimum atomic E-state index is -1.07. The Balaban J connectivity index is 1.02. The first-order valence-corrected chi connectivity index (χ1v) is 15.5. The van der Waals surface area contributed by atoms with Gasteiger partial charge in [0, 0.05) is 44.7 Å². The predicted octanol–water partition coefficient (Wildman–Crippen LogP) is 5.70. The van der Waals surface area contributed by atoms with E-state index in [4.69, 9.17) is 4.74 Å². The summed E-state index contributed by atoms with van der Waals surface area (Å²) < 4.78 is 5.81. The second-order valence-electron chi connectivity index (χ2n) is 11.5. The zero-order chi connectivity index (χ0) is 31.4. The summed E-state index contributed by atoms with van der Waals surface area (Å²) >= 11 is 0. The zero-order valence-corrected chi connectivity index (χ0v) is 25.3. The van der Waals surface area contributed by atoms with E-state index in [0.29, 0.717) is 38.3 Å². The summed E-state index contributed by atoms with van der Waals surface area (Å²) in [5.74, 6) is -0.412. The van der Waals surface area contributed by atoms with E-state index >= 15 is 0 Å². The summed E-state index contributed by atoms with van der Waals surface area (Å²) in [5, 5.41) is 12.5. The summed E-state index contributed by atoms with van der Waals surface area (Å²) in [4.78, 5) is 43.7. The fourth-order valence-corrected chi connectivity index (χ4v) is 5.61. The third kappa shape index (κ3) is 9.50. The number of nitrogens with zero attached hydrogens (tertiary/aromatic N) is 2. The van der Waals surface area contributed by atoms with Crippen molar-refractivity contribution in [1.29, 1.82) is 0 Å². The van der Waals surface area contributed by atoms with Gasteiger partial charge in [-0.1, -0.05) is 72.8 Å². The van der Waals surface area contributed by atoms with Crippen LogP contribution in [0, 0.1) is 5.92 Å². The number of aromatic nitrogens is 1. The first-order chi connectivity index (χ1) is 21.9. The molecule has 1 aliphatic rings. The summed E-state index contributed by atoms with van der Waals surface area (Å²) in [7, 11) is 0. The molecule has 4 aromatic rings. The third-order valence-electron chi connectivity index (χ3n) is 8.26. The molecule has 3 aromatic carbocycles. The number of carboxylic acids is 1. The first kappa shape index (κ1) is 31.4. The summed E-state index contributed by atoms with van der Waals surface area (Å²) in [5.41, 5.74) is 5.13. The standard InChI is InChI=1S/C37H39N3O5/c41-35(39-34(37(43)44)23-28-10-15-33(16-11-28)45-26-30-5-2-1-3-6-30)24-29-18-21-40(22-19-29)36(42)17-12-27-8-13-31(14-9-27)32-7-4-20-38-25-32/h1-11,13-16,20,25,29,34H,12,17-19,21-24,26H2,(H,39,41)(H,43,44)/t34-/m0/s1. The Morgan fingerprint density at radius 1 is 0.844 bits per heavy atom. The average Bonchev–Trinajstić information content (AvgIpc) is 3.08. The maximum atomic E-state index is 12.9. The second-order valence-corrected chi connectivity index (χ2v) is 11.5. The molecule has 0 unspecified atom stereocenters. The van der Waals surface area contributed by atoms with Crippen molar-refractivity contribution in [3.8, 4) is 16.9 Å². The number of benzene rings is 3. The molecule has 2 heterocycles. The molecule has 1 aromatic heterocycles. The molecule has 232 valence electrons. The Morgan fingerprint density at radius 3 is 2.22 bits per heavy atom. The van der Waals surface area contributed by atoms with Crippen molar-refractivity contribution >= 4 is 17.8 Å². The number of carboxylic acid groups (broad SMARTS) is 1. The lowest BCUT2D eigenvalue weighted by atomic mass is 9.92. The molecule has 8 nitrogen and oxygen atoms in total. The predicted molar refractivity (Wildman–Crippen MR) is 172 cm³/mol. The van der Waals surface area contributed by atoms with Crippen LogP contribution in [0.15, 0.2) is 103 Å². The van der Waals surface area contributed by atoms with Gasteiger partial charge in [-0.25, -0.2) is 4.79 Å². The molecule has 0 saturated carbocycles. The van der Waals surface area contributed by atoms with Crippen LogP contribution < -0.4 is 10.1 Å². The van der Waals surface area contributed by atoms with E-state index in [1.54, 1.807) is 6.20 Å². The highest BCUT2D eigenvalue weighted by molar-refractivity contribution is 5.84. The van der Waals surface area contributed by atoms with E-state index in [0.717, 1.165) is 40.7 Å². The number of likely N-dealkylation sites (tertiary alicyclic amines) is 1. The van der Waals surface area contributed by atoms with Crippen LogP contribution in [0.3, 0.4) is 0 Å². The molecule has 1 fully saturated rings. The maximum Gasteiger partial charge on any atom is 0.326 e. The van der Waals surface area contributed by atoms with Gasteiger partial charge in [-0.3, -0.25) is 14.6 Å². The Bertz CT molecular complexity index is 1540. The van der Waals surface area contributed by atoms with Gasteiger partial charge in [0.2, 0.25) is 11.8 Å². The number of carbonyl (C=O) groups is 3. The normalized spacial score (nSPS) is 14.0. The molecule has 1 atom stereocenters. The van der Waals surface area contributed by atoms with Crippen LogP contribution in [0.25, 0.3) is 11.1 Å². The van der Waals surface area contributed by atoms with Crippen molar-refractivity contribution in [3.63, 3.8) is 0 Å². The average molecular weight is 606 g/mol. The Morgan fingerprint density at radius 2 is 1.56 bits per heavy atom. The maximum absolute atomic E-state index is 12.9. The van der Waals surface area contributed by atoms with Crippen LogP contribution in [0.4, 0.5) is 0 Å². The molecule has 45 heavy (non-hydrogen) atoms. The fourth-order valence-electron chi connectivity index (χ4n) is 5.61. The fraction of sp³-hybridized carbons (Fsp3) is 0.297. The smallest absolute Gasteiger partial charge is 0.326 e. The molecule has 0 radical (unpaired) electrons. The largest absolute Gasteiger partial charge is 0.489 e. The highest BCUT2D eigenvalue weighted by Crippen LogP contribution is 2.23. The van der Waals surface area contributed by atoms with Crippen molar-refractivity contribution in [3.05, 3.63) is 120 Å². The van der Waals surface area contributed by atoms with Crippen LogP contribution >= 0.6 is 0 Å². The molecule has 5 rings (SSSR count).